The number of nitrogens with zero attached hydrogens (tertiary/aromatic N) is 4. The summed E-state index contributed by atoms with van der Waals surface area (Å²) in [6.45, 7) is 7.67. The molecule has 4 fully saturated rings. The van der Waals surface area contributed by atoms with E-state index >= 15 is 0 Å². The fraction of sp³-hybridized carbons (Fsp3) is 0.500. The van der Waals surface area contributed by atoms with Crippen molar-refractivity contribution < 1.29 is 28.7 Å². The molecular formula is C40H48N8O6. The predicted octanol–water partition coefficient (Wildman–Crippen LogP) is 5.71. The van der Waals surface area contributed by atoms with Gasteiger partial charge in [0, 0.05) is 12.1 Å². The highest BCUT2D eigenvalue weighted by atomic mass is 16.5. The summed E-state index contributed by atoms with van der Waals surface area (Å²) in [5, 5.41) is 5.47. The summed E-state index contributed by atoms with van der Waals surface area (Å²) >= 11 is 0. The first-order chi connectivity index (χ1) is 25.9. The molecule has 0 spiro atoms. The summed E-state index contributed by atoms with van der Waals surface area (Å²) in [5.74, 6) is 1.98. The molecule has 54 heavy (non-hydrogen) atoms. The number of hydrogen-bond donors (Lipinski definition) is 4. The molecule has 2 aromatic carbocycles. The molecule has 2 saturated carbocycles. The van der Waals surface area contributed by atoms with Crippen LogP contribution in [0.15, 0.2) is 48.7 Å². The molecule has 2 saturated heterocycles. The van der Waals surface area contributed by atoms with E-state index in [-0.39, 0.29) is 47.8 Å². The van der Waals surface area contributed by atoms with Crippen molar-refractivity contribution in [3.8, 4) is 22.4 Å². The van der Waals surface area contributed by atoms with Crippen molar-refractivity contribution in [2.45, 2.75) is 89.6 Å². The highest BCUT2D eigenvalue weighted by molar-refractivity contribution is 5.88. The van der Waals surface area contributed by atoms with Crippen molar-refractivity contribution in [3.05, 3.63) is 60.3 Å². The number of amides is 4. The zero-order chi connectivity index (χ0) is 38.0. The summed E-state index contributed by atoms with van der Waals surface area (Å²) in [6, 6.07) is 13.0. The van der Waals surface area contributed by atoms with Crippen molar-refractivity contribution in [3.63, 3.8) is 0 Å². The molecule has 0 bridgehead atoms. The first kappa shape index (κ1) is 35.6. The van der Waals surface area contributed by atoms with Crippen LogP contribution in [0, 0.1) is 23.7 Å². The van der Waals surface area contributed by atoms with Crippen LogP contribution in [0.25, 0.3) is 33.4 Å². The van der Waals surface area contributed by atoms with E-state index in [0.717, 1.165) is 70.7 Å². The number of hydrogen-bond acceptors (Lipinski definition) is 8. The van der Waals surface area contributed by atoms with Gasteiger partial charge in [0.1, 0.15) is 23.7 Å². The number of methoxy groups -OCH3 is 2. The van der Waals surface area contributed by atoms with Gasteiger partial charge in [0.15, 0.2) is 0 Å². The minimum Gasteiger partial charge on any atom is -0.453 e. The van der Waals surface area contributed by atoms with Crippen molar-refractivity contribution in [1.82, 2.24) is 40.4 Å². The second-order valence-electron chi connectivity index (χ2n) is 15.9. The average Bonchev–Trinajstić information content (AvgIpc) is 3.79. The van der Waals surface area contributed by atoms with Crippen molar-refractivity contribution in [1.29, 1.82) is 0 Å². The van der Waals surface area contributed by atoms with E-state index in [1.54, 1.807) is 0 Å². The molecule has 0 radical (unpaired) electrons. The number of carbonyl (C=O) groups excluding carboxylic acids is 4. The minimum absolute atomic E-state index is 0.101. The van der Waals surface area contributed by atoms with E-state index in [0.29, 0.717) is 11.8 Å². The van der Waals surface area contributed by atoms with Gasteiger partial charge in [-0.3, -0.25) is 9.59 Å². The predicted molar refractivity (Wildman–Crippen MR) is 200 cm³/mol. The molecule has 284 valence electrons. The van der Waals surface area contributed by atoms with Gasteiger partial charge >= 0.3 is 12.2 Å². The van der Waals surface area contributed by atoms with E-state index in [1.165, 1.54) is 14.2 Å². The summed E-state index contributed by atoms with van der Waals surface area (Å²) in [4.78, 5) is 72.2. The highest BCUT2D eigenvalue weighted by Gasteiger charge is 2.57. The number of imidazole rings is 2. The minimum atomic E-state index is -0.682. The molecule has 8 atom stereocenters. The van der Waals surface area contributed by atoms with Gasteiger partial charge in [-0.2, -0.15) is 0 Å². The molecule has 2 aliphatic heterocycles. The Morgan fingerprint density at radius 2 is 1.22 bits per heavy atom. The van der Waals surface area contributed by atoms with Gasteiger partial charge in [0.25, 0.3) is 0 Å². The van der Waals surface area contributed by atoms with Crippen LogP contribution in [0.5, 0.6) is 0 Å². The number of H-pyrrole nitrogens is 2. The fourth-order valence-corrected chi connectivity index (χ4v) is 8.62. The van der Waals surface area contributed by atoms with Crippen LogP contribution in [0.2, 0.25) is 0 Å². The second-order valence-corrected chi connectivity index (χ2v) is 15.9. The van der Waals surface area contributed by atoms with Crippen LogP contribution in [-0.2, 0) is 19.1 Å². The van der Waals surface area contributed by atoms with E-state index in [9.17, 15) is 19.2 Å². The molecule has 4 aliphatic rings. The lowest BCUT2D eigenvalue weighted by atomic mass is 10.0. The third kappa shape index (κ3) is 6.45. The Labute approximate surface area is 313 Å². The van der Waals surface area contributed by atoms with Crippen molar-refractivity contribution in [2.24, 2.45) is 23.7 Å². The molecule has 2 aromatic heterocycles. The molecule has 14 nitrogen and oxygen atoms in total. The Balaban J connectivity index is 0.977. The normalized spacial score (nSPS) is 25.0. The van der Waals surface area contributed by atoms with Gasteiger partial charge in [0.05, 0.1) is 49.2 Å². The number of benzene rings is 2. The van der Waals surface area contributed by atoms with E-state index in [2.05, 4.69) is 57.0 Å². The Morgan fingerprint density at radius 1 is 0.704 bits per heavy atom. The van der Waals surface area contributed by atoms with Gasteiger partial charge in [-0.15, -0.1) is 0 Å². The number of rotatable bonds is 10. The number of piperidine rings is 2. The lowest BCUT2D eigenvalue weighted by Crippen LogP contribution is -2.52. The molecule has 14 heteroatoms. The third-order valence-electron chi connectivity index (χ3n) is 11.8. The number of nitrogens with one attached hydrogen (secondary N) is 4. The maximum Gasteiger partial charge on any atom is 0.407 e. The first-order valence-corrected chi connectivity index (χ1v) is 18.9. The molecule has 4 N–H and O–H groups in total. The zero-order valence-electron chi connectivity index (χ0n) is 31.5. The van der Waals surface area contributed by atoms with Gasteiger partial charge in [-0.05, 0) is 78.2 Å². The number of carbonyl (C=O) groups is 4. The van der Waals surface area contributed by atoms with Crippen LogP contribution in [-0.4, -0.2) is 92.1 Å². The molecule has 4 amide bonds. The van der Waals surface area contributed by atoms with E-state index in [4.69, 9.17) is 19.4 Å². The Bertz CT molecular complexity index is 2090. The number of likely N-dealkylation sites (tertiary alicyclic amines) is 2. The van der Waals surface area contributed by atoms with E-state index in [1.807, 2.05) is 49.8 Å². The fourth-order valence-electron chi connectivity index (χ4n) is 8.62. The Morgan fingerprint density at radius 3 is 1.76 bits per heavy atom. The topological polar surface area (TPSA) is 175 Å². The maximum atomic E-state index is 13.8. The second kappa shape index (κ2) is 13.8. The summed E-state index contributed by atoms with van der Waals surface area (Å²) in [5.41, 5.74) is 5.62. The van der Waals surface area contributed by atoms with Crippen LogP contribution in [0.1, 0.15) is 77.1 Å². The smallest absolute Gasteiger partial charge is 0.407 e. The monoisotopic (exact) mass is 736 g/mol. The lowest BCUT2D eigenvalue weighted by molar-refractivity contribution is -0.137. The molecule has 4 aromatic rings. The van der Waals surface area contributed by atoms with Gasteiger partial charge < -0.3 is 39.9 Å². The summed E-state index contributed by atoms with van der Waals surface area (Å²) in [7, 11) is 2.60. The number of ether oxygens (including phenoxy) is 2. The zero-order valence-corrected chi connectivity index (χ0v) is 31.5. The maximum absolute atomic E-state index is 13.8. The quantitative estimate of drug-likeness (QED) is 0.160. The largest absolute Gasteiger partial charge is 0.453 e. The summed E-state index contributed by atoms with van der Waals surface area (Å²) < 4.78 is 9.59. The third-order valence-corrected chi connectivity index (χ3v) is 11.8. The number of alkyl carbamates (subject to hydrolysis) is 2. The molecule has 0 unspecified atom stereocenters. The molecular weight excluding hydrogens is 688 g/mol. The van der Waals surface area contributed by atoms with E-state index < -0.39 is 24.3 Å². The first-order valence-electron chi connectivity index (χ1n) is 18.9. The van der Waals surface area contributed by atoms with Crippen LogP contribution in [0.3, 0.4) is 0 Å². The van der Waals surface area contributed by atoms with Crippen LogP contribution >= 0.6 is 0 Å². The summed E-state index contributed by atoms with van der Waals surface area (Å²) in [6.07, 6.45) is 4.21. The Hall–Kier alpha value is -5.40. The number of aromatic nitrogens is 4. The Kier molecular flexibility index (Phi) is 9.09. The van der Waals surface area contributed by atoms with Gasteiger partial charge in [-0.25, -0.2) is 19.6 Å². The van der Waals surface area contributed by atoms with Crippen LogP contribution in [0.4, 0.5) is 9.59 Å². The molecule has 8 rings (SSSR count). The molecule has 4 heterocycles. The van der Waals surface area contributed by atoms with Gasteiger partial charge in [-0.1, -0.05) is 58.0 Å². The van der Waals surface area contributed by atoms with Crippen molar-refractivity contribution >= 4 is 35.0 Å². The standard InChI is InChI=1S/C40H48N8O6/c1-19(2)33(45-39(51)53-5)37(49)47-29-14-24(29)16-31(47)35-41-18-28(44-35)22-9-7-21(8-10-22)23-11-12-26-27(13-23)43-36(42-26)32-17-25-15-30(25)48(32)38(50)34(20(3)4)46-40(52)54-6/h7-13,18-20,24-25,29-34H,14-17H2,1-6H3,(H,41,44)(H,42,43)(H,45,51)(H,46,52)/t24-,25-,29-,30-,31+,32+,33+,34+/m1/s1. The SMILES string of the molecule is COC(=O)N[C@H](C(=O)N1[C@@H]2C[C@@H]2C[C@H]1c1ncc(-c2ccc(-c3ccc4nc([C@@H]5C[C@H]6C[C@H]6N5C(=O)[C@@H](NC(=O)OC)C(C)C)[nH]c4c3)cc2)[nH]1)C(C)C. The number of fused-ring (bicyclic) bond motifs is 3. The lowest BCUT2D eigenvalue weighted by Gasteiger charge is -2.31. The molecule has 2 aliphatic carbocycles. The highest BCUT2D eigenvalue weighted by Crippen LogP contribution is 2.54. The van der Waals surface area contributed by atoms with Gasteiger partial charge in [0.2, 0.25) is 11.8 Å². The van der Waals surface area contributed by atoms with Crippen LogP contribution < -0.4 is 10.6 Å². The average molecular weight is 737 g/mol. The number of aromatic amines is 2. The van der Waals surface area contributed by atoms with Crippen molar-refractivity contribution in [2.75, 3.05) is 14.2 Å².